The highest BCUT2D eigenvalue weighted by molar-refractivity contribution is 7.89. The number of hydrogen-bond acceptors (Lipinski definition) is 2. The van der Waals surface area contributed by atoms with E-state index >= 15 is 0 Å². The standard InChI is InChI=1S/C26H23F2NO2S/c1-19-5-15-25(16-6-19)32(30,31)29-17-3-2-4-22(18-29)26(20-7-11-23(27)12-8-20)21-9-13-24(28)14-10-21/h2,4-16H,3,17-18H2,1H3. The second-order valence-corrected chi connectivity index (χ2v) is 9.69. The molecule has 3 nitrogen and oxygen atoms in total. The molecular formula is C26H23F2NO2S. The molecule has 0 aliphatic carbocycles. The van der Waals surface area contributed by atoms with Crippen molar-refractivity contribution in [2.24, 2.45) is 0 Å². The van der Waals surface area contributed by atoms with Gasteiger partial charge in [0.25, 0.3) is 0 Å². The van der Waals surface area contributed by atoms with Crippen molar-refractivity contribution >= 4 is 15.6 Å². The van der Waals surface area contributed by atoms with Crippen LogP contribution in [-0.4, -0.2) is 25.8 Å². The lowest BCUT2D eigenvalue weighted by molar-refractivity contribution is 0.447. The number of hydrogen-bond donors (Lipinski definition) is 0. The molecule has 0 aromatic heterocycles. The van der Waals surface area contributed by atoms with Crippen LogP contribution in [0.25, 0.3) is 5.57 Å². The molecule has 4 rings (SSSR count). The molecule has 32 heavy (non-hydrogen) atoms. The van der Waals surface area contributed by atoms with Crippen LogP contribution < -0.4 is 0 Å². The van der Waals surface area contributed by atoms with Crippen LogP contribution in [0.4, 0.5) is 8.78 Å². The Morgan fingerprint density at radius 3 is 1.88 bits per heavy atom. The van der Waals surface area contributed by atoms with E-state index in [9.17, 15) is 17.2 Å². The van der Waals surface area contributed by atoms with E-state index in [1.54, 1.807) is 48.5 Å². The van der Waals surface area contributed by atoms with Crippen molar-refractivity contribution in [3.8, 4) is 0 Å². The van der Waals surface area contributed by atoms with Crippen molar-refractivity contribution in [3.63, 3.8) is 0 Å². The van der Waals surface area contributed by atoms with Gasteiger partial charge in [-0.05, 0) is 72.0 Å². The van der Waals surface area contributed by atoms with Crippen LogP contribution in [0, 0.1) is 18.6 Å². The SMILES string of the molecule is Cc1ccc(S(=O)(=O)N2CCC=CC(=C(c3ccc(F)cc3)c3ccc(F)cc3)C2)cc1. The minimum atomic E-state index is -3.71. The van der Waals surface area contributed by atoms with Crippen LogP contribution in [0.2, 0.25) is 0 Å². The highest BCUT2D eigenvalue weighted by Crippen LogP contribution is 2.31. The second kappa shape index (κ2) is 9.18. The molecule has 0 fully saturated rings. The molecule has 1 heterocycles. The maximum Gasteiger partial charge on any atom is 0.243 e. The first-order valence-corrected chi connectivity index (χ1v) is 11.8. The zero-order valence-corrected chi connectivity index (χ0v) is 18.4. The number of sulfonamides is 1. The van der Waals surface area contributed by atoms with Gasteiger partial charge >= 0.3 is 0 Å². The van der Waals surface area contributed by atoms with Crippen molar-refractivity contribution < 1.29 is 17.2 Å². The van der Waals surface area contributed by atoms with Crippen molar-refractivity contribution in [1.29, 1.82) is 0 Å². The van der Waals surface area contributed by atoms with Gasteiger partial charge in [-0.25, -0.2) is 17.2 Å². The number of aryl methyl sites for hydroxylation is 1. The molecular weight excluding hydrogens is 428 g/mol. The van der Waals surface area contributed by atoms with Crippen LogP contribution >= 0.6 is 0 Å². The van der Waals surface area contributed by atoms with E-state index in [0.29, 0.717) is 13.0 Å². The Bertz CT molecular complexity index is 1210. The van der Waals surface area contributed by atoms with E-state index < -0.39 is 10.0 Å². The summed E-state index contributed by atoms with van der Waals surface area (Å²) < 4.78 is 55.3. The minimum absolute atomic E-state index is 0.150. The van der Waals surface area contributed by atoms with Crippen molar-refractivity contribution in [1.82, 2.24) is 4.31 Å². The molecule has 1 aliphatic heterocycles. The fourth-order valence-electron chi connectivity index (χ4n) is 3.76. The van der Waals surface area contributed by atoms with E-state index in [4.69, 9.17) is 0 Å². The molecule has 1 aliphatic rings. The average Bonchev–Trinajstić information content (AvgIpc) is 3.04. The summed E-state index contributed by atoms with van der Waals surface area (Å²) in [5.74, 6) is -0.727. The first-order chi connectivity index (χ1) is 15.3. The van der Waals surface area contributed by atoms with Gasteiger partial charge in [0, 0.05) is 13.1 Å². The Morgan fingerprint density at radius 1 is 0.812 bits per heavy atom. The summed E-state index contributed by atoms with van der Waals surface area (Å²) in [7, 11) is -3.71. The van der Waals surface area contributed by atoms with Crippen molar-refractivity contribution in [2.45, 2.75) is 18.2 Å². The first-order valence-electron chi connectivity index (χ1n) is 10.3. The molecule has 0 saturated heterocycles. The lowest BCUT2D eigenvalue weighted by atomic mass is 9.92. The summed E-state index contributed by atoms with van der Waals surface area (Å²) in [6, 6.07) is 18.8. The molecule has 0 bridgehead atoms. The Kier molecular flexibility index (Phi) is 6.35. The monoisotopic (exact) mass is 451 g/mol. The summed E-state index contributed by atoms with van der Waals surface area (Å²) in [6.07, 6.45) is 4.41. The summed E-state index contributed by atoms with van der Waals surface area (Å²) >= 11 is 0. The highest BCUT2D eigenvalue weighted by Gasteiger charge is 2.27. The molecule has 6 heteroatoms. The third kappa shape index (κ3) is 4.71. The quantitative estimate of drug-likeness (QED) is 0.508. The molecule has 0 amide bonds. The maximum absolute atomic E-state index is 13.6. The van der Waals surface area contributed by atoms with Crippen LogP contribution in [-0.2, 0) is 10.0 Å². The number of rotatable bonds is 4. The fourth-order valence-corrected chi connectivity index (χ4v) is 5.20. The fraction of sp³-hybridized carbons (Fsp3) is 0.154. The zero-order chi connectivity index (χ0) is 22.7. The molecule has 0 saturated carbocycles. The third-order valence-corrected chi connectivity index (χ3v) is 7.32. The molecule has 0 unspecified atom stereocenters. The van der Waals surface area contributed by atoms with Crippen LogP contribution in [0.3, 0.4) is 0 Å². The molecule has 0 N–H and O–H groups in total. The first kappa shape index (κ1) is 22.1. The number of benzene rings is 3. The van der Waals surface area contributed by atoms with Gasteiger partial charge in [-0.15, -0.1) is 0 Å². The summed E-state index contributed by atoms with van der Waals surface area (Å²) in [4.78, 5) is 0.245. The largest absolute Gasteiger partial charge is 0.243 e. The van der Waals surface area contributed by atoms with Crippen molar-refractivity contribution in [3.05, 3.63) is 119 Å². The van der Waals surface area contributed by atoms with E-state index in [-0.39, 0.29) is 23.1 Å². The van der Waals surface area contributed by atoms with E-state index in [1.165, 1.54) is 28.6 Å². The van der Waals surface area contributed by atoms with Crippen LogP contribution in [0.15, 0.2) is 95.4 Å². The van der Waals surface area contributed by atoms with Crippen LogP contribution in [0.1, 0.15) is 23.1 Å². The lowest BCUT2D eigenvalue weighted by Crippen LogP contribution is -2.33. The maximum atomic E-state index is 13.6. The van der Waals surface area contributed by atoms with Crippen molar-refractivity contribution in [2.75, 3.05) is 13.1 Å². The lowest BCUT2D eigenvalue weighted by Gasteiger charge is -2.23. The van der Waals surface area contributed by atoms with Gasteiger partial charge in [0.05, 0.1) is 4.90 Å². The Labute approximate surface area is 187 Å². The second-order valence-electron chi connectivity index (χ2n) is 7.76. The Hall–Kier alpha value is -3.09. The van der Waals surface area contributed by atoms with Gasteiger partial charge in [0.15, 0.2) is 0 Å². The Balaban J connectivity index is 1.82. The predicted molar refractivity (Wildman–Crippen MR) is 123 cm³/mol. The zero-order valence-electron chi connectivity index (χ0n) is 17.6. The van der Waals surface area contributed by atoms with Gasteiger partial charge < -0.3 is 0 Å². The molecule has 3 aromatic rings. The number of halogens is 2. The molecule has 0 radical (unpaired) electrons. The summed E-state index contributed by atoms with van der Waals surface area (Å²) in [6.45, 7) is 2.40. The van der Waals surface area contributed by atoms with Gasteiger partial charge in [-0.3, -0.25) is 0 Å². The van der Waals surface area contributed by atoms with Gasteiger partial charge in [-0.2, -0.15) is 4.31 Å². The normalized spacial score (nSPS) is 14.9. The predicted octanol–water partition coefficient (Wildman–Crippen LogP) is 5.73. The van der Waals surface area contributed by atoms with E-state index in [1.807, 2.05) is 19.1 Å². The third-order valence-electron chi connectivity index (χ3n) is 5.46. The van der Waals surface area contributed by atoms with E-state index in [2.05, 4.69) is 0 Å². The van der Waals surface area contributed by atoms with E-state index in [0.717, 1.165) is 27.8 Å². The van der Waals surface area contributed by atoms with Gasteiger partial charge in [-0.1, -0.05) is 54.1 Å². The molecule has 3 aromatic carbocycles. The van der Waals surface area contributed by atoms with Gasteiger partial charge in [0.2, 0.25) is 10.0 Å². The van der Waals surface area contributed by atoms with Gasteiger partial charge in [0.1, 0.15) is 11.6 Å². The average molecular weight is 452 g/mol. The highest BCUT2D eigenvalue weighted by atomic mass is 32.2. The van der Waals surface area contributed by atoms with Crippen LogP contribution in [0.5, 0.6) is 0 Å². The molecule has 164 valence electrons. The summed E-state index contributed by atoms with van der Waals surface area (Å²) in [5, 5.41) is 0. The molecule has 0 spiro atoms. The smallest absolute Gasteiger partial charge is 0.207 e. The minimum Gasteiger partial charge on any atom is -0.207 e. The molecule has 0 atom stereocenters. The Morgan fingerprint density at radius 2 is 1.34 bits per heavy atom. The topological polar surface area (TPSA) is 37.4 Å². The summed E-state index contributed by atoms with van der Waals surface area (Å²) in [5.41, 5.74) is 3.94. The number of nitrogens with zero attached hydrogens (tertiary/aromatic N) is 1.